The van der Waals surface area contributed by atoms with Crippen LogP contribution in [0.2, 0.25) is 0 Å². The monoisotopic (exact) mass is 185 g/mol. The second kappa shape index (κ2) is 3.67. The fourth-order valence-corrected chi connectivity index (χ4v) is 1.59. The quantitative estimate of drug-likeness (QED) is 0.727. The Morgan fingerprint density at radius 2 is 2.42 bits per heavy atom. The van der Waals surface area contributed by atoms with E-state index in [0.717, 1.165) is 10.7 Å². The van der Waals surface area contributed by atoms with Gasteiger partial charge in [0.2, 0.25) is 5.91 Å². The van der Waals surface area contributed by atoms with Crippen molar-refractivity contribution in [2.45, 2.75) is 24.0 Å². The Hall–Kier alpha value is -0.900. The van der Waals surface area contributed by atoms with Crippen LogP contribution in [0, 0.1) is 6.92 Å². The highest BCUT2D eigenvalue weighted by molar-refractivity contribution is 8.00. The number of aryl methyl sites for hydroxylation is 1. The first-order valence-electron chi connectivity index (χ1n) is 3.61. The molecule has 0 saturated heterocycles. The van der Waals surface area contributed by atoms with E-state index >= 15 is 0 Å². The third kappa shape index (κ3) is 2.04. The molecule has 0 spiro atoms. The van der Waals surface area contributed by atoms with Crippen molar-refractivity contribution in [1.82, 2.24) is 0 Å². The van der Waals surface area contributed by atoms with Crippen LogP contribution in [-0.2, 0) is 4.79 Å². The van der Waals surface area contributed by atoms with Gasteiger partial charge in [0.05, 0.1) is 11.5 Å². The van der Waals surface area contributed by atoms with Crippen molar-refractivity contribution in [3.05, 3.63) is 18.1 Å². The third-order valence-corrected chi connectivity index (χ3v) is 2.78. The van der Waals surface area contributed by atoms with Gasteiger partial charge in [-0.1, -0.05) is 0 Å². The first kappa shape index (κ1) is 9.19. The highest BCUT2D eigenvalue weighted by atomic mass is 32.2. The lowest BCUT2D eigenvalue weighted by Crippen LogP contribution is -2.22. The molecular weight excluding hydrogens is 174 g/mol. The van der Waals surface area contributed by atoms with Gasteiger partial charge in [0.1, 0.15) is 5.76 Å². The number of thioether (sulfide) groups is 1. The molecule has 0 aromatic carbocycles. The summed E-state index contributed by atoms with van der Waals surface area (Å²) in [4.78, 5) is 11.7. The SMILES string of the molecule is Cc1occc1SC(C)C(N)=O. The molecule has 0 aliphatic heterocycles. The summed E-state index contributed by atoms with van der Waals surface area (Å²) in [6.45, 7) is 3.63. The Kier molecular flexibility index (Phi) is 2.81. The molecule has 0 radical (unpaired) electrons. The van der Waals surface area contributed by atoms with Crippen molar-refractivity contribution in [3.8, 4) is 0 Å². The number of carbonyl (C=O) groups excluding carboxylic acids is 1. The highest BCUT2D eigenvalue weighted by Crippen LogP contribution is 2.26. The van der Waals surface area contributed by atoms with Crippen LogP contribution in [0.1, 0.15) is 12.7 Å². The number of hydrogen-bond acceptors (Lipinski definition) is 3. The van der Waals surface area contributed by atoms with Crippen LogP contribution in [0.4, 0.5) is 0 Å². The molecule has 4 heteroatoms. The standard InChI is InChI=1S/C8H11NO2S/c1-5-7(3-4-11-5)12-6(2)8(9)10/h3-4,6H,1-2H3,(H2,9,10). The maximum absolute atomic E-state index is 10.7. The lowest BCUT2D eigenvalue weighted by atomic mass is 10.5. The van der Waals surface area contributed by atoms with Gasteiger partial charge in [0.15, 0.2) is 0 Å². The van der Waals surface area contributed by atoms with E-state index < -0.39 is 0 Å². The zero-order valence-corrected chi connectivity index (χ0v) is 7.85. The average Bonchev–Trinajstić information content (AvgIpc) is 2.36. The minimum absolute atomic E-state index is 0.207. The second-order valence-electron chi connectivity index (χ2n) is 2.50. The van der Waals surface area contributed by atoms with Gasteiger partial charge in [0, 0.05) is 4.90 Å². The van der Waals surface area contributed by atoms with Crippen molar-refractivity contribution >= 4 is 17.7 Å². The smallest absolute Gasteiger partial charge is 0.230 e. The summed E-state index contributed by atoms with van der Waals surface area (Å²) in [5.41, 5.74) is 5.11. The molecule has 1 rings (SSSR count). The molecule has 0 bridgehead atoms. The number of carbonyl (C=O) groups is 1. The molecule has 66 valence electrons. The number of hydrogen-bond donors (Lipinski definition) is 1. The summed E-state index contributed by atoms with van der Waals surface area (Å²) in [6, 6.07) is 1.83. The molecule has 2 N–H and O–H groups in total. The van der Waals surface area contributed by atoms with Gasteiger partial charge in [-0.2, -0.15) is 0 Å². The number of nitrogens with two attached hydrogens (primary N) is 1. The molecule has 1 amide bonds. The molecule has 0 aliphatic carbocycles. The summed E-state index contributed by atoms with van der Waals surface area (Å²) in [6.07, 6.45) is 1.60. The second-order valence-corrected chi connectivity index (χ2v) is 3.89. The summed E-state index contributed by atoms with van der Waals surface area (Å²) in [5.74, 6) is 0.522. The zero-order chi connectivity index (χ0) is 9.14. The lowest BCUT2D eigenvalue weighted by Gasteiger charge is -2.04. The van der Waals surface area contributed by atoms with E-state index in [1.165, 1.54) is 11.8 Å². The van der Waals surface area contributed by atoms with Crippen LogP contribution in [-0.4, -0.2) is 11.2 Å². The largest absolute Gasteiger partial charge is 0.468 e. The van der Waals surface area contributed by atoms with E-state index in [1.54, 1.807) is 13.2 Å². The van der Waals surface area contributed by atoms with Crippen molar-refractivity contribution in [2.75, 3.05) is 0 Å². The van der Waals surface area contributed by atoms with E-state index in [-0.39, 0.29) is 11.2 Å². The number of rotatable bonds is 3. The molecule has 1 aromatic heterocycles. The fraction of sp³-hybridized carbons (Fsp3) is 0.375. The Labute approximate surface area is 75.3 Å². The van der Waals surface area contributed by atoms with Gasteiger partial charge in [-0.25, -0.2) is 0 Å². The van der Waals surface area contributed by atoms with Gasteiger partial charge >= 0.3 is 0 Å². The van der Waals surface area contributed by atoms with E-state index in [0.29, 0.717) is 0 Å². The summed E-state index contributed by atoms with van der Waals surface area (Å²) in [5, 5.41) is -0.207. The van der Waals surface area contributed by atoms with Crippen molar-refractivity contribution < 1.29 is 9.21 Å². The molecule has 12 heavy (non-hydrogen) atoms. The van der Waals surface area contributed by atoms with E-state index in [9.17, 15) is 4.79 Å². The number of amides is 1. The lowest BCUT2D eigenvalue weighted by molar-refractivity contribution is -0.117. The minimum atomic E-state index is -0.305. The average molecular weight is 185 g/mol. The molecule has 1 atom stereocenters. The maximum atomic E-state index is 10.7. The van der Waals surface area contributed by atoms with Crippen molar-refractivity contribution in [2.24, 2.45) is 5.73 Å². The van der Waals surface area contributed by atoms with Crippen molar-refractivity contribution in [3.63, 3.8) is 0 Å². The van der Waals surface area contributed by atoms with Gasteiger partial charge < -0.3 is 10.2 Å². The Bertz CT molecular complexity index is 282. The molecule has 1 aromatic rings. The van der Waals surface area contributed by atoms with Crippen LogP contribution < -0.4 is 5.73 Å². The zero-order valence-electron chi connectivity index (χ0n) is 7.03. The fourth-order valence-electron chi connectivity index (χ4n) is 0.744. The first-order chi connectivity index (χ1) is 5.61. The molecule has 3 nitrogen and oxygen atoms in total. The molecule has 0 saturated carbocycles. The van der Waals surface area contributed by atoms with Crippen LogP contribution in [0.3, 0.4) is 0 Å². The van der Waals surface area contributed by atoms with Gasteiger partial charge in [0.25, 0.3) is 0 Å². The summed E-state index contributed by atoms with van der Waals surface area (Å²) < 4.78 is 5.07. The highest BCUT2D eigenvalue weighted by Gasteiger charge is 2.12. The maximum Gasteiger partial charge on any atom is 0.230 e. The van der Waals surface area contributed by atoms with Crippen LogP contribution in [0.25, 0.3) is 0 Å². The summed E-state index contributed by atoms with van der Waals surface area (Å²) in [7, 11) is 0. The van der Waals surface area contributed by atoms with Gasteiger partial charge in [-0.15, -0.1) is 11.8 Å². The van der Waals surface area contributed by atoms with E-state index in [2.05, 4.69) is 0 Å². The van der Waals surface area contributed by atoms with Gasteiger partial charge in [-0.3, -0.25) is 4.79 Å². The third-order valence-electron chi connectivity index (χ3n) is 1.52. The number of primary amides is 1. The Morgan fingerprint density at radius 3 is 2.83 bits per heavy atom. The predicted molar refractivity (Wildman–Crippen MR) is 48.0 cm³/mol. The summed E-state index contributed by atoms with van der Waals surface area (Å²) >= 11 is 1.42. The topological polar surface area (TPSA) is 56.2 Å². The van der Waals surface area contributed by atoms with Gasteiger partial charge in [-0.05, 0) is 19.9 Å². The Morgan fingerprint density at radius 1 is 1.75 bits per heavy atom. The molecular formula is C8H11NO2S. The molecule has 1 unspecified atom stereocenters. The first-order valence-corrected chi connectivity index (χ1v) is 4.49. The molecule has 0 fully saturated rings. The number of furan rings is 1. The minimum Gasteiger partial charge on any atom is -0.468 e. The van der Waals surface area contributed by atoms with Crippen LogP contribution in [0.5, 0.6) is 0 Å². The van der Waals surface area contributed by atoms with E-state index in [1.807, 2.05) is 13.0 Å². The van der Waals surface area contributed by atoms with E-state index in [4.69, 9.17) is 10.2 Å². The van der Waals surface area contributed by atoms with Crippen LogP contribution in [0.15, 0.2) is 21.6 Å². The predicted octanol–water partition coefficient (Wildman–Crippen LogP) is 1.55. The molecule has 1 heterocycles. The normalized spacial score (nSPS) is 12.8. The van der Waals surface area contributed by atoms with Crippen molar-refractivity contribution in [1.29, 1.82) is 0 Å². The Balaban J connectivity index is 2.64. The van der Waals surface area contributed by atoms with Crippen LogP contribution >= 0.6 is 11.8 Å². The molecule has 0 aliphatic rings.